The number of benzene rings is 1. The van der Waals surface area contributed by atoms with E-state index in [1.807, 2.05) is 6.08 Å². The smallest absolute Gasteiger partial charge is 0.0477 e. The van der Waals surface area contributed by atoms with Gasteiger partial charge in [-0.25, -0.2) is 0 Å². The van der Waals surface area contributed by atoms with Gasteiger partial charge in [0.25, 0.3) is 0 Å². The van der Waals surface area contributed by atoms with Gasteiger partial charge >= 0.3 is 0 Å². The minimum absolute atomic E-state index is 1.18. The lowest BCUT2D eigenvalue weighted by atomic mass is 10.1. The molecule has 1 aromatic carbocycles. The summed E-state index contributed by atoms with van der Waals surface area (Å²) in [5, 5.41) is 0. The molecule has 0 amide bonds. The highest BCUT2D eigenvalue weighted by atomic mass is 15.1. The molecular formula is C14H19N. The summed E-state index contributed by atoms with van der Waals surface area (Å²) in [5.74, 6) is 0. The number of rotatable bonds is 3. The molecule has 0 radical (unpaired) electrons. The standard InChI is InChI=1S/C14H19N/c1-6-13-9-12(4)7-8-14(13)15(5)10-11(2)3/h6-10H,1H2,2-5H3. The van der Waals surface area contributed by atoms with E-state index < -0.39 is 0 Å². The van der Waals surface area contributed by atoms with Crippen molar-refractivity contribution in [2.45, 2.75) is 20.8 Å². The van der Waals surface area contributed by atoms with Crippen LogP contribution in [-0.2, 0) is 0 Å². The number of hydrogen-bond donors (Lipinski definition) is 0. The number of aryl methyl sites for hydroxylation is 1. The lowest BCUT2D eigenvalue weighted by molar-refractivity contribution is 1.16. The molecule has 0 N–H and O–H groups in total. The van der Waals surface area contributed by atoms with E-state index in [9.17, 15) is 0 Å². The average Bonchev–Trinajstić information content (AvgIpc) is 2.16. The van der Waals surface area contributed by atoms with E-state index in [-0.39, 0.29) is 0 Å². The molecule has 1 heteroatoms. The third kappa shape index (κ3) is 2.98. The number of nitrogens with zero attached hydrogens (tertiary/aromatic N) is 1. The summed E-state index contributed by atoms with van der Waals surface area (Å²) in [6.07, 6.45) is 4.02. The Hall–Kier alpha value is -1.50. The maximum absolute atomic E-state index is 3.85. The van der Waals surface area contributed by atoms with Gasteiger partial charge in [0.05, 0.1) is 0 Å². The fourth-order valence-electron chi connectivity index (χ4n) is 1.62. The molecule has 15 heavy (non-hydrogen) atoms. The lowest BCUT2D eigenvalue weighted by Gasteiger charge is -2.18. The zero-order valence-electron chi connectivity index (χ0n) is 10.0. The first-order chi connectivity index (χ1) is 7.04. The molecule has 1 rings (SSSR count). The summed E-state index contributed by atoms with van der Waals surface area (Å²) in [6.45, 7) is 10.1. The molecule has 0 fully saturated rings. The van der Waals surface area contributed by atoms with Crippen LogP contribution in [0, 0.1) is 6.92 Å². The topological polar surface area (TPSA) is 3.24 Å². The zero-order valence-corrected chi connectivity index (χ0v) is 10.0. The predicted molar refractivity (Wildman–Crippen MR) is 69.1 cm³/mol. The van der Waals surface area contributed by atoms with E-state index in [4.69, 9.17) is 0 Å². The van der Waals surface area contributed by atoms with Gasteiger partial charge in [0.1, 0.15) is 0 Å². The van der Waals surface area contributed by atoms with E-state index in [2.05, 4.69) is 63.7 Å². The normalized spacial score (nSPS) is 9.60. The number of allylic oxidation sites excluding steroid dienone is 1. The highest BCUT2D eigenvalue weighted by Gasteiger charge is 2.02. The highest BCUT2D eigenvalue weighted by Crippen LogP contribution is 2.22. The van der Waals surface area contributed by atoms with Crippen LogP contribution in [0.15, 0.2) is 36.6 Å². The largest absolute Gasteiger partial charge is 0.351 e. The van der Waals surface area contributed by atoms with E-state index >= 15 is 0 Å². The van der Waals surface area contributed by atoms with Crippen molar-refractivity contribution in [3.8, 4) is 0 Å². The summed E-state index contributed by atoms with van der Waals surface area (Å²) in [5.41, 5.74) is 4.92. The third-order valence-electron chi connectivity index (χ3n) is 2.23. The second kappa shape index (κ2) is 4.83. The third-order valence-corrected chi connectivity index (χ3v) is 2.23. The summed E-state index contributed by atoms with van der Waals surface area (Å²) in [4.78, 5) is 2.13. The molecule has 0 saturated heterocycles. The van der Waals surface area contributed by atoms with Crippen LogP contribution in [-0.4, -0.2) is 7.05 Å². The zero-order chi connectivity index (χ0) is 11.4. The maximum Gasteiger partial charge on any atom is 0.0477 e. The first kappa shape index (κ1) is 11.6. The fourth-order valence-corrected chi connectivity index (χ4v) is 1.62. The van der Waals surface area contributed by atoms with Crippen molar-refractivity contribution in [3.63, 3.8) is 0 Å². The fraction of sp³-hybridized carbons (Fsp3) is 0.286. The van der Waals surface area contributed by atoms with Crippen LogP contribution in [0.25, 0.3) is 6.08 Å². The Kier molecular flexibility index (Phi) is 3.73. The van der Waals surface area contributed by atoms with Crippen molar-refractivity contribution >= 4 is 11.8 Å². The molecular weight excluding hydrogens is 182 g/mol. The molecule has 1 nitrogen and oxygen atoms in total. The van der Waals surface area contributed by atoms with Gasteiger partial charge in [-0.15, -0.1) is 0 Å². The van der Waals surface area contributed by atoms with Crippen LogP contribution in [0.5, 0.6) is 0 Å². The lowest BCUT2D eigenvalue weighted by Crippen LogP contribution is -2.10. The van der Waals surface area contributed by atoms with Crippen LogP contribution >= 0.6 is 0 Å². The van der Waals surface area contributed by atoms with E-state index in [1.165, 1.54) is 22.4 Å². The van der Waals surface area contributed by atoms with Gasteiger partial charge in [-0.05, 0) is 38.5 Å². The van der Waals surface area contributed by atoms with Gasteiger partial charge in [0.2, 0.25) is 0 Å². The molecule has 0 aliphatic heterocycles. The second-order valence-electron chi connectivity index (χ2n) is 4.08. The van der Waals surface area contributed by atoms with E-state index in [0.717, 1.165) is 0 Å². The van der Waals surface area contributed by atoms with Crippen molar-refractivity contribution < 1.29 is 0 Å². The van der Waals surface area contributed by atoms with Gasteiger partial charge in [-0.2, -0.15) is 0 Å². The van der Waals surface area contributed by atoms with Crippen LogP contribution in [0.4, 0.5) is 5.69 Å². The first-order valence-corrected chi connectivity index (χ1v) is 5.15. The van der Waals surface area contributed by atoms with Crippen molar-refractivity contribution in [3.05, 3.63) is 47.7 Å². The minimum Gasteiger partial charge on any atom is -0.351 e. The van der Waals surface area contributed by atoms with Crippen LogP contribution in [0.3, 0.4) is 0 Å². The van der Waals surface area contributed by atoms with E-state index in [1.54, 1.807) is 0 Å². The molecule has 0 heterocycles. The maximum atomic E-state index is 3.85. The van der Waals surface area contributed by atoms with Crippen molar-refractivity contribution in [2.24, 2.45) is 0 Å². The van der Waals surface area contributed by atoms with Gasteiger partial charge < -0.3 is 4.90 Å². The molecule has 0 saturated carbocycles. The van der Waals surface area contributed by atoms with Gasteiger partial charge in [0.15, 0.2) is 0 Å². The summed E-state index contributed by atoms with van der Waals surface area (Å²) >= 11 is 0. The summed E-state index contributed by atoms with van der Waals surface area (Å²) < 4.78 is 0. The molecule has 0 aliphatic carbocycles. The van der Waals surface area contributed by atoms with Gasteiger partial charge in [-0.3, -0.25) is 0 Å². The molecule has 80 valence electrons. The molecule has 0 unspecified atom stereocenters. The first-order valence-electron chi connectivity index (χ1n) is 5.15. The number of hydrogen-bond acceptors (Lipinski definition) is 1. The van der Waals surface area contributed by atoms with Gasteiger partial charge in [0, 0.05) is 18.9 Å². The SMILES string of the molecule is C=Cc1cc(C)ccc1N(C)C=C(C)C. The second-order valence-corrected chi connectivity index (χ2v) is 4.08. The quantitative estimate of drug-likeness (QED) is 0.714. The van der Waals surface area contributed by atoms with Crippen LogP contribution in [0.1, 0.15) is 25.0 Å². The molecule has 0 aliphatic rings. The Bertz CT molecular complexity index is 384. The van der Waals surface area contributed by atoms with E-state index in [0.29, 0.717) is 0 Å². The Morgan fingerprint density at radius 3 is 2.53 bits per heavy atom. The Labute approximate surface area is 92.7 Å². The molecule has 0 bridgehead atoms. The van der Waals surface area contributed by atoms with Crippen LogP contribution in [0.2, 0.25) is 0 Å². The highest BCUT2D eigenvalue weighted by molar-refractivity contribution is 5.68. The predicted octanol–water partition coefficient (Wildman–Crippen LogP) is 4.00. The molecule has 1 aromatic rings. The summed E-state index contributed by atoms with van der Waals surface area (Å²) in [6, 6.07) is 6.40. The Morgan fingerprint density at radius 1 is 1.33 bits per heavy atom. The average molecular weight is 201 g/mol. The van der Waals surface area contributed by atoms with Crippen LogP contribution < -0.4 is 4.90 Å². The molecule has 0 spiro atoms. The Morgan fingerprint density at radius 2 is 2.00 bits per heavy atom. The van der Waals surface area contributed by atoms with Crippen molar-refractivity contribution in [2.75, 3.05) is 11.9 Å². The Balaban J connectivity index is 3.13. The van der Waals surface area contributed by atoms with Gasteiger partial charge in [-0.1, -0.05) is 29.9 Å². The monoisotopic (exact) mass is 201 g/mol. The van der Waals surface area contributed by atoms with Crippen molar-refractivity contribution in [1.29, 1.82) is 0 Å². The molecule has 0 atom stereocenters. The summed E-state index contributed by atoms with van der Waals surface area (Å²) in [7, 11) is 2.06. The molecule has 0 aromatic heterocycles. The number of anilines is 1. The minimum atomic E-state index is 1.18. The van der Waals surface area contributed by atoms with Crippen molar-refractivity contribution in [1.82, 2.24) is 0 Å².